The van der Waals surface area contributed by atoms with Crippen molar-refractivity contribution in [3.63, 3.8) is 0 Å². The number of rotatable bonds is 4. The Hall–Kier alpha value is -1.60. The third kappa shape index (κ3) is 2.78. The molecule has 0 saturated carbocycles. The minimum atomic E-state index is 0.403. The third-order valence-electron chi connectivity index (χ3n) is 4.48. The fourth-order valence-electron chi connectivity index (χ4n) is 3.05. The highest BCUT2D eigenvalue weighted by Crippen LogP contribution is 2.25. The molecule has 104 valence electrons. The molecule has 1 N–H and O–H groups in total. The minimum absolute atomic E-state index is 0.403. The maximum absolute atomic E-state index is 3.65. The summed E-state index contributed by atoms with van der Waals surface area (Å²) in [7, 11) is 0. The molecule has 0 heterocycles. The summed E-state index contributed by atoms with van der Waals surface area (Å²) in [5.41, 5.74) is 7.28. The SMILES string of the molecule is Cc1ccccc1CNC(C)c1ccc2c(c1)CCC2. The van der Waals surface area contributed by atoms with Crippen LogP contribution in [0.2, 0.25) is 0 Å². The van der Waals surface area contributed by atoms with Gasteiger partial charge in [0.1, 0.15) is 0 Å². The highest BCUT2D eigenvalue weighted by atomic mass is 14.9. The summed E-state index contributed by atoms with van der Waals surface area (Å²) in [5.74, 6) is 0. The number of benzene rings is 2. The van der Waals surface area contributed by atoms with Crippen molar-refractivity contribution >= 4 is 0 Å². The van der Waals surface area contributed by atoms with E-state index in [0.29, 0.717) is 6.04 Å². The fourth-order valence-corrected chi connectivity index (χ4v) is 3.05. The van der Waals surface area contributed by atoms with Crippen LogP contribution in [0.3, 0.4) is 0 Å². The summed E-state index contributed by atoms with van der Waals surface area (Å²) in [6.45, 7) is 5.37. The molecular weight excluding hydrogens is 242 g/mol. The molecule has 2 aromatic carbocycles. The second-order valence-electron chi connectivity index (χ2n) is 5.91. The molecule has 1 nitrogen and oxygen atoms in total. The molecule has 0 aromatic heterocycles. The second kappa shape index (κ2) is 5.80. The number of nitrogens with one attached hydrogen (secondary N) is 1. The Balaban J connectivity index is 1.67. The van der Waals surface area contributed by atoms with Crippen LogP contribution in [0.4, 0.5) is 0 Å². The van der Waals surface area contributed by atoms with Crippen LogP contribution < -0.4 is 5.32 Å². The Morgan fingerprint density at radius 2 is 1.85 bits per heavy atom. The van der Waals surface area contributed by atoms with E-state index in [1.54, 1.807) is 11.1 Å². The highest BCUT2D eigenvalue weighted by molar-refractivity contribution is 5.36. The quantitative estimate of drug-likeness (QED) is 0.867. The largest absolute Gasteiger partial charge is 0.306 e. The number of hydrogen-bond acceptors (Lipinski definition) is 1. The molecule has 0 spiro atoms. The smallest absolute Gasteiger partial charge is 0.0295 e. The Bertz CT molecular complexity index is 600. The van der Waals surface area contributed by atoms with Crippen molar-refractivity contribution in [2.75, 3.05) is 0 Å². The lowest BCUT2D eigenvalue weighted by molar-refractivity contribution is 0.573. The first kappa shape index (κ1) is 13.4. The van der Waals surface area contributed by atoms with E-state index in [-0.39, 0.29) is 0 Å². The van der Waals surface area contributed by atoms with Gasteiger partial charge in [-0.3, -0.25) is 0 Å². The van der Waals surface area contributed by atoms with Crippen molar-refractivity contribution in [3.05, 3.63) is 70.3 Å². The van der Waals surface area contributed by atoms with Crippen LogP contribution in [-0.2, 0) is 19.4 Å². The van der Waals surface area contributed by atoms with Gasteiger partial charge in [-0.15, -0.1) is 0 Å². The Morgan fingerprint density at radius 3 is 2.70 bits per heavy atom. The zero-order chi connectivity index (χ0) is 13.9. The van der Waals surface area contributed by atoms with E-state index in [9.17, 15) is 0 Å². The van der Waals surface area contributed by atoms with E-state index >= 15 is 0 Å². The molecule has 20 heavy (non-hydrogen) atoms. The average Bonchev–Trinajstić information content (AvgIpc) is 2.93. The van der Waals surface area contributed by atoms with Gasteiger partial charge < -0.3 is 5.32 Å². The number of aryl methyl sites for hydroxylation is 3. The van der Waals surface area contributed by atoms with Crippen molar-refractivity contribution < 1.29 is 0 Å². The fraction of sp³-hybridized carbons (Fsp3) is 0.368. The van der Waals surface area contributed by atoms with Gasteiger partial charge in [0, 0.05) is 12.6 Å². The molecule has 1 heteroatoms. The van der Waals surface area contributed by atoms with Crippen LogP contribution in [0.25, 0.3) is 0 Å². The van der Waals surface area contributed by atoms with Crippen LogP contribution in [0.1, 0.15) is 47.2 Å². The summed E-state index contributed by atoms with van der Waals surface area (Å²) >= 11 is 0. The first-order valence-electron chi connectivity index (χ1n) is 7.63. The first-order chi connectivity index (χ1) is 9.74. The van der Waals surface area contributed by atoms with Gasteiger partial charge in [-0.25, -0.2) is 0 Å². The summed E-state index contributed by atoms with van der Waals surface area (Å²) in [5, 5.41) is 3.65. The van der Waals surface area contributed by atoms with Crippen molar-refractivity contribution in [1.29, 1.82) is 0 Å². The Labute approximate surface area is 122 Å². The van der Waals surface area contributed by atoms with Gasteiger partial charge in [0.15, 0.2) is 0 Å². The topological polar surface area (TPSA) is 12.0 Å². The van der Waals surface area contributed by atoms with Crippen LogP contribution in [-0.4, -0.2) is 0 Å². The molecule has 2 aromatic rings. The Morgan fingerprint density at radius 1 is 1.05 bits per heavy atom. The lowest BCUT2D eigenvalue weighted by Gasteiger charge is -2.16. The van der Waals surface area contributed by atoms with Gasteiger partial charge >= 0.3 is 0 Å². The van der Waals surface area contributed by atoms with Gasteiger partial charge in [-0.05, 0) is 60.9 Å². The zero-order valence-electron chi connectivity index (χ0n) is 12.4. The van der Waals surface area contributed by atoms with Crippen LogP contribution in [0.5, 0.6) is 0 Å². The van der Waals surface area contributed by atoms with Gasteiger partial charge in [0.25, 0.3) is 0 Å². The standard InChI is InChI=1S/C19H23N/c1-14-6-3-4-7-19(14)13-20-15(2)17-11-10-16-8-5-9-18(16)12-17/h3-4,6-7,10-12,15,20H,5,8-9,13H2,1-2H3. The third-order valence-corrected chi connectivity index (χ3v) is 4.48. The van der Waals surface area contributed by atoms with Crippen molar-refractivity contribution in [1.82, 2.24) is 5.32 Å². The number of fused-ring (bicyclic) bond motifs is 1. The normalized spacial score (nSPS) is 15.1. The first-order valence-corrected chi connectivity index (χ1v) is 7.63. The van der Waals surface area contributed by atoms with E-state index < -0.39 is 0 Å². The van der Waals surface area contributed by atoms with E-state index in [1.807, 2.05) is 0 Å². The zero-order valence-corrected chi connectivity index (χ0v) is 12.4. The van der Waals surface area contributed by atoms with Crippen molar-refractivity contribution in [2.24, 2.45) is 0 Å². The van der Waals surface area contributed by atoms with E-state index in [0.717, 1.165) is 6.54 Å². The molecule has 1 aliphatic rings. The highest BCUT2D eigenvalue weighted by Gasteiger charge is 2.13. The summed E-state index contributed by atoms with van der Waals surface area (Å²) in [4.78, 5) is 0. The summed E-state index contributed by atoms with van der Waals surface area (Å²) in [6, 6.07) is 16.0. The molecule has 0 aliphatic heterocycles. The second-order valence-corrected chi connectivity index (χ2v) is 5.91. The Kier molecular flexibility index (Phi) is 3.88. The molecule has 0 fully saturated rings. The molecule has 0 bridgehead atoms. The van der Waals surface area contributed by atoms with E-state index in [4.69, 9.17) is 0 Å². The lowest BCUT2D eigenvalue weighted by atomic mass is 10.0. The summed E-state index contributed by atoms with van der Waals surface area (Å²) in [6.07, 6.45) is 3.85. The van der Waals surface area contributed by atoms with Gasteiger partial charge in [0.05, 0.1) is 0 Å². The molecule has 0 radical (unpaired) electrons. The van der Waals surface area contributed by atoms with Crippen LogP contribution >= 0.6 is 0 Å². The van der Waals surface area contributed by atoms with Crippen LogP contribution in [0, 0.1) is 6.92 Å². The predicted octanol–water partition coefficient (Wildman–Crippen LogP) is 4.33. The molecule has 1 aliphatic carbocycles. The predicted molar refractivity (Wildman–Crippen MR) is 84.9 cm³/mol. The van der Waals surface area contributed by atoms with Crippen molar-refractivity contribution in [3.8, 4) is 0 Å². The molecular formula is C19H23N. The lowest BCUT2D eigenvalue weighted by Crippen LogP contribution is -2.18. The maximum Gasteiger partial charge on any atom is 0.0295 e. The van der Waals surface area contributed by atoms with Gasteiger partial charge in [-0.2, -0.15) is 0 Å². The molecule has 1 atom stereocenters. The van der Waals surface area contributed by atoms with E-state index in [1.165, 1.54) is 36.0 Å². The number of hydrogen-bond donors (Lipinski definition) is 1. The molecule has 0 saturated heterocycles. The van der Waals surface area contributed by atoms with Gasteiger partial charge in [0.2, 0.25) is 0 Å². The summed E-state index contributed by atoms with van der Waals surface area (Å²) < 4.78 is 0. The molecule has 1 unspecified atom stereocenters. The van der Waals surface area contributed by atoms with Gasteiger partial charge in [-0.1, -0.05) is 42.5 Å². The average molecular weight is 265 g/mol. The molecule has 3 rings (SSSR count). The van der Waals surface area contributed by atoms with Crippen molar-refractivity contribution in [2.45, 2.75) is 45.7 Å². The minimum Gasteiger partial charge on any atom is -0.306 e. The maximum atomic E-state index is 3.65. The van der Waals surface area contributed by atoms with E-state index in [2.05, 4.69) is 61.6 Å². The monoisotopic (exact) mass is 265 g/mol. The van der Waals surface area contributed by atoms with Crippen LogP contribution in [0.15, 0.2) is 42.5 Å². The molecule has 0 amide bonds.